The summed E-state index contributed by atoms with van der Waals surface area (Å²) in [5.74, 6) is -1.42. The lowest BCUT2D eigenvalue weighted by Gasteiger charge is -2.18. The van der Waals surface area contributed by atoms with Gasteiger partial charge in [-0.05, 0) is 19.3 Å². The quantitative estimate of drug-likeness (QED) is 0.305. The molecule has 0 heterocycles. The molecule has 0 radical (unpaired) electrons. The number of hydrogen-bond donors (Lipinski definition) is 0. The van der Waals surface area contributed by atoms with Crippen LogP contribution >= 0.6 is 0 Å². The predicted octanol–water partition coefficient (Wildman–Crippen LogP) is 5.64. The van der Waals surface area contributed by atoms with E-state index >= 15 is 0 Å². The minimum atomic E-state index is -4.25. The molecule has 0 aliphatic heterocycles. The largest absolute Gasteiger partial charge is 0.392 e. The van der Waals surface area contributed by atoms with Crippen molar-refractivity contribution in [2.75, 3.05) is 0 Å². The van der Waals surface area contributed by atoms with Gasteiger partial charge in [-0.15, -0.1) is 6.58 Å². The average Bonchev–Trinajstić information content (AvgIpc) is 2.18. The lowest BCUT2D eigenvalue weighted by molar-refractivity contribution is -0.175. The maximum Gasteiger partial charge on any atom is 0.392 e. The Kier molecular flexibility index (Phi) is 7.40. The van der Waals surface area contributed by atoms with E-state index < -0.39 is 24.7 Å². The molecule has 0 aromatic heterocycles. The molecule has 0 amide bonds. The summed E-state index contributed by atoms with van der Waals surface area (Å²) >= 11 is 0. The molecule has 0 aliphatic carbocycles. The van der Waals surface area contributed by atoms with Crippen molar-refractivity contribution in [3.63, 3.8) is 0 Å². The van der Waals surface area contributed by atoms with Crippen LogP contribution < -0.4 is 0 Å². The van der Waals surface area contributed by atoms with Crippen LogP contribution in [0.2, 0.25) is 0 Å². The van der Waals surface area contributed by atoms with Gasteiger partial charge in [-0.25, -0.2) is 0 Å². The van der Waals surface area contributed by atoms with Crippen molar-refractivity contribution in [1.29, 1.82) is 0 Å². The molecular formula is C12H18F6. The number of alkyl halides is 6. The molecule has 0 saturated carbocycles. The number of unbranched alkanes of at least 4 members (excludes halogenated alkanes) is 3. The first-order valence-corrected chi connectivity index (χ1v) is 5.91. The first kappa shape index (κ1) is 17.3. The van der Waals surface area contributed by atoms with Gasteiger partial charge >= 0.3 is 12.4 Å². The number of halogens is 6. The topological polar surface area (TPSA) is 0 Å². The van der Waals surface area contributed by atoms with E-state index in [9.17, 15) is 26.3 Å². The third-order valence-corrected chi connectivity index (χ3v) is 2.68. The van der Waals surface area contributed by atoms with E-state index in [1.54, 1.807) is 0 Å². The Labute approximate surface area is 103 Å². The molecule has 0 aliphatic rings. The summed E-state index contributed by atoms with van der Waals surface area (Å²) in [6.07, 6.45) is -7.22. The fourth-order valence-electron chi connectivity index (χ4n) is 1.69. The standard InChI is InChI=1S/C12H18F6/c1-2-7-10(12(16,17)18)8-5-3-4-6-9-11(13,14)15/h2,10H,1,3-9H2. The van der Waals surface area contributed by atoms with E-state index in [0.29, 0.717) is 19.3 Å². The first-order valence-electron chi connectivity index (χ1n) is 5.91. The molecule has 0 N–H and O–H groups in total. The second-order valence-corrected chi connectivity index (χ2v) is 4.33. The van der Waals surface area contributed by atoms with Gasteiger partial charge in [0.05, 0.1) is 5.92 Å². The molecule has 0 aromatic rings. The fraction of sp³-hybridized carbons (Fsp3) is 0.833. The van der Waals surface area contributed by atoms with E-state index in [0.717, 1.165) is 0 Å². The SMILES string of the molecule is C=CCC(CCCCCCC(F)(F)F)C(F)(F)F. The molecule has 18 heavy (non-hydrogen) atoms. The van der Waals surface area contributed by atoms with Crippen molar-refractivity contribution in [2.45, 2.75) is 57.3 Å². The lowest BCUT2D eigenvalue weighted by atomic mass is 9.96. The second-order valence-electron chi connectivity index (χ2n) is 4.33. The average molecular weight is 276 g/mol. The van der Waals surface area contributed by atoms with Crippen LogP contribution in [0.4, 0.5) is 26.3 Å². The smallest absolute Gasteiger partial charge is 0.171 e. The normalized spacial score (nSPS) is 14.6. The van der Waals surface area contributed by atoms with Crippen molar-refractivity contribution in [1.82, 2.24) is 0 Å². The molecule has 0 fully saturated rings. The third kappa shape index (κ3) is 9.36. The van der Waals surface area contributed by atoms with Gasteiger partial charge in [0, 0.05) is 6.42 Å². The molecule has 6 heteroatoms. The maximum atomic E-state index is 12.4. The molecule has 0 aromatic carbocycles. The van der Waals surface area contributed by atoms with Crippen LogP contribution in [0.25, 0.3) is 0 Å². The van der Waals surface area contributed by atoms with Crippen LogP contribution in [-0.2, 0) is 0 Å². The molecule has 0 rings (SSSR count). The second kappa shape index (κ2) is 7.69. The minimum absolute atomic E-state index is 0.0123. The molecule has 0 bridgehead atoms. The minimum Gasteiger partial charge on any atom is -0.171 e. The first-order chi connectivity index (χ1) is 8.17. The van der Waals surface area contributed by atoms with Crippen molar-refractivity contribution in [3.8, 4) is 0 Å². The van der Waals surface area contributed by atoms with Crippen LogP contribution in [0.3, 0.4) is 0 Å². The summed E-state index contributed by atoms with van der Waals surface area (Å²) in [6, 6.07) is 0. The highest BCUT2D eigenvalue weighted by molar-refractivity contribution is 4.77. The summed E-state index contributed by atoms with van der Waals surface area (Å²) in [4.78, 5) is 0. The van der Waals surface area contributed by atoms with Crippen molar-refractivity contribution < 1.29 is 26.3 Å². The third-order valence-electron chi connectivity index (χ3n) is 2.68. The monoisotopic (exact) mass is 276 g/mol. The van der Waals surface area contributed by atoms with Crippen LogP contribution in [0, 0.1) is 5.92 Å². The zero-order valence-electron chi connectivity index (χ0n) is 10.1. The van der Waals surface area contributed by atoms with Crippen molar-refractivity contribution in [3.05, 3.63) is 12.7 Å². The highest BCUT2D eigenvalue weighted by Crippen LogP contribution is 2.33. The molecule has 1 unspecified atom stereocenters. The van der Waals surface area contributed by atoms with Gasteiger partial charge in [-0.2, -0.15) is 26.3 Å². The molecule has 0 spiro atoms. The summed E-state index contributed by atoms with van der Waals surface area (Å²) < 4.78 is 72.7. The predicted molar refractivity (Wildman–Crippen MR) is 58.1 cm³/mol. The van der Waals surface area contributed by atoms with E-state index in [2.05, 4.69) is 6.58 Å². The van der Waals surface area contributed by atoms with Crippen LogP contribution in [-0.4, -0.2) is 12.4 Å². The Hall–Kier alpha value is -0.680. The van der Waals surface area contributed by atoms with Gasteiger partial charge in [0.25, 0.3) is 0 Å². The molecule has 0 saturated heterocycles. The highest BCUT2D eigenvalue weighted by Gasteiger charge is 2.37. The van der Waals surface area contributed by atoms with Gasteiger partial charge in [-0.1, -0.05) is 25.3 Å². The Bertz CT molecular complexity index is 228. The van der Waals surface area contributed by atoms with Gasteiger partial charge in [0.1, 0.15) is 0 Å². The van der Waals surface area contributed by atoms with Gasteiger partial charge in [0.2, 0.25) is 0 Å². The summed E-state index contributed by atoms with van der Waals surface area (Å²) in [6.45, 7) is 3.27. The highest BCUT2D eigenvalue weighted by atomic mass is 19.4. The molecule has 1 atom stereocenters. The molecule has 108 valence electrons. The Morgan fingerprint density at radius 1 is 0.889 bits per heavy atom. The molecule has 0 nitrogen and oxygen atoms in total. The zero-order chi connectivity index (χ0) is 14.2. The summed E-state index contributed by atoms with van der Waals surface area (Å²) in [7, 11) is 0. The maximum absolute atomic E-state index is 12.4. The number of hydrogen-bond acceptors (Lipinski definition) is 0. The van der Waals surface area contributed by atoms with E-state index in [1.165, 1.54) is 6.08 Å². The number of rotatable bonds is 8. The summed E-state index contributed by atoms with van der Waals surface area (Å²) in [5.41, 5.74) is 0. The Morgan fingerprint density at radius 3 is 1.89 bits per heavy atom. The van der Waals surface area contributed by atoms with E-state index in [-0.39, 0.29) is 19.3 Å². The van der Waals surface area contributed by atoms with Crippen LogP contribution in [0.1, 0.15) is 44.9 Å². The fourth-order valence-corrected chi connectivity index (χ4v) is 1.69. The van der Waals surface area contributed by atoms with Crippen LogP contribution in [0.15, 0.2) is 12.7 Å². The van der Waals surface area contributed by atoms with Gasteiger partial charge in [-0.3, -0.25) is 0 Å². The Morgan fingerprint density at radius 2 is 1.44 bits per heavy atom. The van der Waals surface area contributed by atoms with E-state index in [1.807, 2.05) is 0 Å². The summed E-state index contributed by atoms with van der Waals surface area (Å²) in [5, 5.41) is 0. The Balaban J connectivity index is 3.71. The number of allylic oxidation sites excluding steroid dienone is 1. The van der Waals surface area contributed by atoms with Gasteiger partial charge in [0.15, 0.2) is 0 Å². The van der Waals surface area contributed by atoms with E-state index in [4.69, 9.17) is 0 Å². The molecular weight excluding hydrogens is 258 g/mol. The zero-order valence-corrected chi connectivity index (χ0v) is 10.1. The van der Waals surface area contributed by atoms with Crippen molar-refractivity contribution in [2.24, 2.45) is 5.92 Å². The lowest BCUT2D eigenvalue weighted by Crippen LogP contribution is -2.22. The van der Waals surface area contributed by atoms with Crippen molar-refractivity contribution >= 4 is 0 Å². The van der Waals surface area contributed by atoms with Gasteiger partial charge < -0.3 is 0 Å². The van der Waals surface area contributed by atoms with Crippen LogP contribution in [0.5, 0.6) is 0 Å².